The first-order valence-electron chi connectivity index (χ1n) is 11.7. The highest BCUT2D eigenvalue weighted by molar-refractivity contribution is 6.07. The largest absolute Gasteiger partial charge is 0.493 e. The molecular formula is C25H32N2O3. The zero-order chi connectivity index (χ0) is 20.5. The number of nitrogens with zero attached hydrogens (tertiary/aromatic N) is 2. The van der Waals surface area contributed by atoms with Crippen LogP contribution in [0.3, 0.4) is 0 Å². The maximum atomic E-state index is 13.3. The lowest BCUT2D eigenvalue weighted by molar-refractivity contribution is -0.140. The maximum Gasteiger partial charge on any atom is 0.247 e. The minimum Gasteiger partial charge on any atom is -0.493 e. The number of fused-ring (bicyclic) bond motifs is 1. The Labute approximate surface area is 179 Å². The lowest BCUT2D eigenvalue weighted by atomic mass is 9.76. The minimum atomic E-state index is 0.00408. The second-order valence-corrected chi connectivity index (χ2v) is 9.15. The van der Waals surface area contributed by atoms with Crippen LogP contribution in [0.5, 0.6) is 11.5 Å². The molecule has 5 rings (SSSR count). The number of hydrazone groups is 1. The molecule has 0 N–H and O–H groups in total. The highest BCUT2D eigenvalue weighted by atomic mass is 16.5. The van der Waals surface area contributed by atoms with E-state index in [-0.39, 0.29) is 29.9 Å². The number of benzene rings is 1. The van der Waals surface area contributed by atoms with Gasteiger partial charge < -0.3 is 9.47 Å². The fourth-order valence-electron chi connectivity index (χ4n) is 5.59. The first-order valence-corrected chi connectivity index (χ1v) is 11.7. The number of amides is 1. The van der Waals surface area contributed by atoms with E-state index in [0.29, 0.717) is 0 Å². The minimum absolute atomic E-state index is 0.00408. The number of carbonyl (C=O) groups excluding carboxylic acids is 1. The summed E-state index contributed by atoms with van der Waals surface area (Å²) in [6.45, 7) is 0. The predicted molar refractivity (Wildman–Crippen MR) is 117 cm³/mol. The van der Waals surface area contributed by atoms with Crippen LogP contribution < -0.4 is 9.47 Å². The average Bonchev–Trinajstić information content (AvgIpc) is 3.49. The van der Waals surface area contributed by atoms with E-state index in [2.05, 4.69) is 24.3 Å². The molecule has 0 spiro atoms. The van der Waals surface area contributed by atoms with Gasteiger partial charge in [0, 0.05) is 11.5 Å². The number of hydrogen-bond donors (Lipinski definition) is 0. The van der Waals surface area contributed by atoms with Gasteiger partial charge in [-0.1, -0.05) is 25.0 Å². The summed E-state index contributed by atoms with van der Waals surface area (Å²) in [7, 11) is 1.69. The number of rotatable bonds is 5. The van der Waals surface area contributed by atoms with Crippen molar-refractivity contribution in [3.63, 3.8) is 0 Å². The number of hydrogen-bond acceptors (Lipinski definition) is 4. The first-order chi connectivity index (χ1) is 14.7. The summed E-state index contributed by atoms with van der Waals surface area (Å²) < 4.78 is 11.9. The smallest absolute Gasteiger partial charge is 0.247 e. The lowest BCUT2D eigenvalue weighted by Gasteiger charge is -2.39. The van der Waals surface area contributed by atoms with E-state index >= 15 is 0 Å². The molecule has 2 saturated carbocycles. The van der Waals surface area contributed by atoms with E-state index < -0.39 is 0 Å². The molecule has 1 amide bonds. The summed E-state index contributed by atoms with van der Waals surface area (Å²) in [5, 5.41) is 6.84. The molecule has 4 aliphatic rings. The molecule has 2 atom stereocenters. The van der Waals surface area contributed by atoms with Gasteiger partial charge >= 0.3 is 0 Å². The summed E-state index contributed by atoms with van der Waals surface area (Å²) in [5.74, 6) is 1.94. The van der Waals surface area contributed by atoms with Gasteiger partial charge in [0.2, 0.25) is 5.91 Å². The summed E-state index contributed by atoms with van der Waals surface area (Å²) in [4.78, 5) is 13.3. The molecule has 3 aliphatic carbocycles. The topological polar surface area (TPSA) is 51.1 Å². The molecule has 0 saturated heterocycles. The third-order valence-corrected chi connectivity index (χ3v) is 7.27. The van der Waals surface area contributed by atoms with Gasteiger partial charge in [-0.3, -0.25) is 4.79 Å². The van der Waals surface area contributed by atoms with Gasteiger partial charge in [-0.05, 0) is 69.6 Å². The highest BCUT2D eigenvalue weighted by Crippen LogP contribution is 2.39. The van der Waals surface area contributed by atoms with Gasteiger partial charge in [-0.2, -0.15) is 5.10 Å². The van der Waals surface area contributed by atoms with Crippen LogP contribution in [0, 0.1) is 11.8 Å². The van der Waals surface area contributed by atoms with E-state index in [4.69, 9.17) is 14.6 Å². The van der Waals surface area contributed by atoms with Crippen LogP contribution >= 0.6 is 0 Å². The zero-order valence-corrected chi connectivity index (χ0v) is 17.9. The zero-order valence-electron chi connectivity index (χ0n) is 17.9. The van der Waals surface area contributed by atoms with Crippen LogP contribution in [0.2, 0.25) is 0 Å². The van der Waals surface area contributed by atoms with Crippen molar-refractivity contribution in [1.82, 2.24) is 5.01 Å². The number of allylic oxidation sites excluding steroid dienone is 2. The Morgan fingerprint density at radius 2 is 1.63 bits per heavy atom. The van der Waals surface area contributed by atoms with E-state index in [1.165, 1.54) is 25.7 Å². The normalized spacial score (nSPS) is 27.3. The first kappa shape index (κ1) is 19.7. The predicted octanol–water partition coefficient (Wildman–Crippen LogP) is 5.09. The molecule has 2 fully saturated rings. The van der Waals surface area contributed by atoms with Crippen molar-refractivity contribution < 1.29 is 14.3 Å². The van der Waals surface area contributed by atoms with E-state index in [9.17, 15) is 4.79 Å². The van der Waals surface area contributed by atoms with Crippen molar-refractivity contribution >= 4 is 11.6 Å². The van der Waals surface area contributed by atoms with E-state index in [1.807, 2.05) is 11.1 Å². The van der Waals surface area contributed by atoms with Gasteiger partial charge in [-0.25, -0.2) is 5.01 Å². The Kier molecular flexibility index (Phi) is 5.53. The summed E-state index contributed by atoms with van der Waals surface area (Å²) in [6, 6.07) is 6.42. The molecule has 0 aromatic heterocycles. The Morgan fingerprint density at radius 1 is 0.933 bits per heavy atom. The molecule has 5 nitrogen and oxygen atoms in total. The third kappa shape index (κ3) is 3.63. The van der Waals surface area contributed by atoms with Crippen molar-refractivity contribution in [1.29, 1.82) is 0 Å². The number of methoxy groups -OCH3 is 1. The summed E-state index contributed by atoms with van der Waals surface area (Å²) in [6.07, 6.45) is 15.5. The van der Waals surface area contributed by atoms with Gasteiger partial charge in [-0.15, -0.1) is 0 Å². The van der Waals surface area contributed by atoms with Gasteiger partial charge in [0.25, 0.3) is 0 Å². The molecule has 1 aromatic carbocycles. The Hall–Kier alpha value is -2.30. The standard InChI is InChI=1S/C25H32N2O3/c1-29-22-15-14-17(16-23(22)30-19-10-4-5-11-19)24-20-12-6-7-13-21(20)25(28)27(26-24)18-8-2-3-9-18/h6-7,14-16,18-21H,2-5,8-13H2,1H3. The van der Waals surface area contributed by atoms with Gasteiger partial charge in [0.1, 0.15) is 0 Å². The van der Waals surface area contributed by atoms with Crippen molar-refractivity contribution in [2.45, 2.75) is 76.4 Å². The average molecular weight is 409 g/mol. The molecular weight excluding hydrogens is 376 g/mol. The second kappa shape index (κ2) is 8.44. The van der Waals surface area contributed by atoms with E-state index in [0.717, 1.165) is 61.3 Å². The second-order valence-electron chi connectivity index (χ2n) is 9.15. The maximum absolute atomic E-state index is 13.3. The quantitative estimate of drug-likeness (QED) is 0.638. The Morgan fingerprint density at radius 3 is 2.37 bits per heavy atom. The monoisotopic (exact) mass is 408 g/mol. The molecule has 0 bridgehead atoms. The molecule has 1 heterocycles. The van der Waals surface area contributed by atoms with Crippen LogP contribution in [0.25, 0.3) is 0 Å². The fraction of sp³-hybridized carbons (Fsp3) is 0.600. The van der Waals surface area contributed by atoms with Crippen molar-refractivity contribution in [3.8, 4) is 11.5 Å². The number of carbonyl (C=O) groups is 1. The fourth-order valence-corrected chi connectivity index (χ4v) is 5.59. The Balaban J connectivity index is 1.51. The Bertz CT molecular complexity index is 850. The highest BCUT2D eigenvalue weighted by Gasteiger charge is 2.42. The molecule has 30 heavy (non-hydrogen) atoms. The summed E-state index contributed by atoms with van der Waals surface area (Å²) in [5.41, 5.74) is 2.10. The summed E-state index contributed by atoms with van der Waals surface area (Å²) >= 11 is 0. The molecule has 2 unspecified atom stereocenters. The molecule has 1 aromatic rings. The van der Waals surface area contributed by atoms with Crippen LogP contribution in [-0.2, 0) is 4.79 Å². The van der Waals surface area contributed by atoms with Crippen molar-refractivity contribution in [2.75, 3.05) is 7.11 Å². The van der Waals surface area contributed by atoms with Crippen LogP contribution in [0.15, 0.2) is 35.5 Å². The number of ether oxygens (including phenoxy) is 2. The van der Waals surface area contributed by atoms with Crippen molar-refractivity contribution in [3.05, 3.63) is 35.9 Å². The van der Waals surface area contributed by atoms with Crippen LogP contribution in [0.1, 0.15) is 69.8 Å². The third-order valence-electron chi connectivity index (χ3n) is 7.27. The van der Waals surface area contributed by atoms with Gasteiger partial charge in [0.15, 0.2) is 11.5 Å². The molecule has 0 radical (unpaired) electrons. The SMILES string of the molecule is COc1ccc(C2=NN(C3CCCC3)C(=O)C3CC=CCC23)cc1OC1CCCC1. The molecule has 5 heteroatoms. The van der Waals surface area contributed by atoms with Crippen LogP contribution in [-0.4, -0.2) is 35.9 Å². The van der Waals surface area contributed by atoms with E-state index in [1.54, 1.807) is 7.11 Å². The van der Waals surface area contributed by atoms with Crippen LogP contribution in [0.4, 0.5) is 0 Å². The molecule has 1 aliphatic heterocycles. The van der Waals surface area contributed by atoms with Gasteiger partial charge in [0.05, 0.1) is 30.9 Å². The lowest BCUT2D eigenvalue weighted by Crippen LogP contribution is -2.48. The van der Waals surface area contributed by atoms with Crippen molar-refractivity contribution in [2.24, 2.45) is 16.9 Å². The molecule has 160 valence electrons.